The molecule has 192 valence electrons. The topological polar surface area (TPSA) is 12.5 Å². The van der Waals surface area contributed by atoms with Gasteiger partial charge in [-0.2, -0.15) is 26.3 Å². The van der Waals surface area contributed by atoms with Gasteiger partial charge < -0.3 is 9.64 Å². The van der Waals surface area contributed by atoms with Crippen LogP contribution in [0.1, 0.15) is 38.7 Å². The van der Waals surface area contributed by atoms with Crippen molar-refractivity contribution >= 4 is 11.8 Å². The van der Waals surface area contributed by atoms with E-state index in [0.29, 0.717) is 19.9 Å². The fourth-order valence-electron chi connectivity index (χ4n) is 3.76. The molecule has 1 atom stereocenters. The summed E-state index contributed by atoms with van der Waals surface area (Å²) in [6.07, 6.45) is -6.47. The number of nitrogens with zero attached hydrogens (tertiary/aromatic N) is 1. The van der Waals surface area contributed by atoms with Crippen LogP contribution in [0.3, 0.4) is 0 Å². The van der Waals surface area contributed by atoms with E-state index in [0.717, 1.165) is 37.8 Å². The third-order valence-electron chi connectivity index (χ3n) is 6.23. The number of methoxy groups -OCH3 is 1. The molecule has 0 N–H and O–H groups in total. The number of alkyl halides is 6. The number of piperidine rings is 1. The molecule has 0 bridgehead atoms. The molecule has 1 heterocycles. The number of benzene rings is 1. The zero-order chi connectivity index (χ0) is 25.6. The lowest BCUT2D eigenvalue weighted by Crippen LogP contribution is -2.47. The van der Waals surface area contributed by atoms with Crippen LogP contribution < -0.4 is 0 Å². The van der Waals surface area contributed by atoms with Crippen molar-refractivity contribution in [1.82, 2.24) is 4.90 Å². The van der Waals surface area contributed by atoms with Gasteiger partial charge in [0.15, 0.2) is 0 Å². The fraction of sp³-hybridized carbons (Fsp3) is 0.600. The highest BCUT2D eigenvalue weighted by atomic mass is 32.2. The summed E-state index contributed by atoms with van der Waals surface area (Å²) in [6, 6.07) is 8.33. The summed E-state index contributed by atoms with van der Waals surface area (Å²) in [5.74, 6) is 0.305. The smallest absolute Gasteiger partial charge is 0.377 e. The minimum atomic E-state index is -4.83. The number of hydrogen-bond acceptors (Lipinski definition) is 3. The van der Waals surface area contributed by atoms with Gasteiger partial charge in [-0.3, -0.25) is 0 Å². The van der Waals surface area contributed by atoms with Gasteiger partial charge in [0, 0.05) is 36.4 Å². The molecule has 1 fully saturated rings. The van der Waals surface area contributed by atoms with E-state index in [9.17, 15) is 26.3 Å². The minimum Gasteiger partial charge on any atom is -0.377 e. The van der Waals surface area contributed by atoms with Gasteiger partial charge >= 0.3 is 12.4 Å². The van der Waals surface area contributed by atoms with E-state index in [-0.39, 0.29) is 11.7 Å². The molecular weight excluding hydrogens is 476 g/mol. The SMILES string of the molecule is COC1(CSc2ccc(C)cc2)CCN(CCC(C)/C=C(\C=C(/C)C(F)(F)F)C(F)(F)F)CC1. The number of ether oxygens (including phenoxy) is 1. The van der Waals surface area contributed by atoms with Crippen molar-refractivity contribution in [2.24, 2.45) is 5.92 Å². The molecule has 2 nitrogen and oxygen atoms in total. The average molecular weight is 510 g/mol. The van der Waals surface area contributed by atoms with Crippen molar-refractivity contribution in [3.8, 4) is 0 Å². The first-order valence-corrected chi connectivity index (χ1v) is 12.2. The summed E-state index contributed by atoms with van der Waals surface area (Å²) in [5.41, 5.74) is -1.56. The highest BCUT2D eigenvalue weighted by molar-refractivity contribution is 7.99. The second kappa shape index (κ2) is 12.0. The molecule has 1 aromatic rings. The highest BCUT2D eigenvalue weighted by Gasteiger charge is 2.37. The van der Waals surface area contributed by atoms with Gasteiger partial charge in [-0.25, -0.2) is 0 Å². The summed E-state index contributed by atoms with van der Waals surface area (Å²) in [4.78, 5) is 3.36. The zero-order valence-corrected chi connectivity index (χ0v) is 20.8. The molecule has 0 spiro atoms. The Hall–Kier alpha value is -1.45. The standard InChI is InChI=1S/C25H33F6NOS/c1-18-5-7-22(8-6-18)34-17-23(33-4)10-13-32(14-11-23)12-9-19(2)15-21(25(29,30)31)16-20(3)24(26,27)28/h5-8,15-16,19H,9-14,17H2,1-4H3/b20-16+,21-15+. The predicted molar refractivity (Wildman–Crippen MR) is 125 cm³/mol. The summed E-state index contributed by atoms with van der Waals surface area (Å²) in [5, 5.41) is 0. The molecule has 1 aromatic carbocycles. The van der Waals surface area contributed by atoms with Crippen LogP contribution in [0.15, 0.2) is 52.5 Å². The van der Waals surface area contributed by atoms with Gasteiger partial charge in [-0.05, 0) is 63.8 Å². The number of allylic oxidation sites excluding steroid dienone is 4. The van der Waals surface area contributed by atoms with Crippen molar-refractivity contribution in [2.75, 3.05) is 32.5 Å². The maximum atomic E-state index is 13.3. The van der Waals surface area contributed by atoms with E-state index in [2.05, 4.69) is 29.2 Å². The number of rotatable bonds is 9. The molecule has 0 amide bonds. The van der Waals surface area contributed by atoms with E-state index >= 15 is 0 Å². The lowest BCUT2D eigenvalue weighted by Gasteiger charge is -2.41. The Morgan fingerprint density at radius 3 is 2.18 bits per heavy atom. The Labute approximate surface area is 202 Å². The average Bonchev–Trinajstić information content (AvgIpc) is 2.76. The van der Waals surface area contributed by atoms with Crippen molar-refractivity contribution in [1.29, 1.82) is 0 Å². The molecule has 1 unspecified atom stereocenters. The first-order chi connectivity index (χ1) is 15.7. The number of thioether (sulfide) groups is 1. The third kappa shape index (κ3) is 8.96. The molecule has 1 saturated heterocycles. The van der Waals surface area contributed by atoms with Gasteiger partial charge in [0.2, 0.25) is 0 Å². The maximum Gasteiger partial charge on any atom is 0.416 e. The van der Waals surface area contributed by atoms with Crippen LogP contribution in [-0.2, 0) is 4.74 Å². The van der Waals surface area contributed by atoms with Crippen LogP contribution in [-0.4, -0.2) is 55.4 Å². The third-order valence-corrected chi connectivity index (χ3v) is 7.51. The van der Waals surface area contributed by atoms with E-state index in [1.807, 2.05) is 6.92 Å². The highest BCUT2D eigenvalue weighted by Crippen LogP contribution is 2.35. The second-order valence-corrected chi connectivity index (χ2v) is 10.1. The summed E-state index contributed by atoms with van der Waals surface area (Å²) >= 11 is 1.75. The van der Waals surface area contributed by atoms with E-state index in [1.165, 1.54) is 10.5 Å². The molecule has 0 aromatic heterocycles. The largest absolute Gasteiger partial charge is 0.416 e. The van der Waals surface area contributed by atoms with E-state index in [4.69, 9.17) is 4.74 Å². The van der Waals surface area contributed by atoms with Crippen molar-refractivity contribution < 1.29 is 31.1 Å². The molecule has 0 saturated carbocycles. The number of aryl methyl sites for hydroxylation is 1. The molecule has 1 aliphatic heterocycles. The predicted octanol–water partition coefficient (Wildman–Crippen LogP) is 7.59. The zero-order valence-electron chi connectivity index (χ0n) is 20.0. The van der Waals surface area contributed by atoms with Crippen molar-refractivity contribution in [3.05, 3.63) is 53.1 Å². The van der Waals surface area contributed by atoms with Crippen molar-refractivity contribution in [2.45, 2.75) is 62.9 Å². The van der Waals surface area contributed by atoms with E-state index in [1.54, 1.807) is 25.8 Å². The number of hydrogen-bond donors (Lipinski definition) is 0. The minimum absolute atomic E-state index is 0.191. The Bertz CT molecular complexity index is 836. The molecule has 0 radical (unpaired) electrons. The number of likely N-dealkylation sites (tertiary alicyclic amines) is 1. The normalized spacial score (nSPS) is 19.4. The van der Waals surface area contributed by atoms with Crippen LogP contribution in [0.5, 0.6) is 0 Å². The molecular formula is C25H33F6NOS. The van der Waals surface area contributed by atoms with Crippen LogP contribution in [0.2, 0.25) is 0 Å². The Morgan fingerprint density at radius 2 is 1.68 bits per heavy atom. The fourth-order valence-corrected chi connectivity index (χ4v) is 4.92. The molecule has 9 heteroatoms. The first kappa shape index (κ1) is 28.8. The molecule has 34 heavy (non-hydrogen) atoms. The summed E-state index contributed by atoms with van der Waals surface area (Å²) < 4.78 is 83.8. The van der Waals surface area contributed by atoms with Crippen LogP contribution in [0.25, 0.3) is 0 Å². The van der Waals surface area contributed by atoms with Gasteiger partial charge in [-0.15, -0.1) is 11.8 Å². The molecule has 1 aliphatic rings. The Balaban J connectivity index is 1.90. The van der Waals surface area contributed by atoms with Crippen LogP contribution in [0, 0.1) is 12.8 Å². The van der Waals surface area contributed by atoms with Gasteiger partial charge in [0.1, 0.15) is 0 Å². The number of halogens is 6. The van der Waals surface area contributed by atoms with Crippen molar-refractivity contribution in [3.63, 3.8) is 0 Å². The Kier molecular flexibility index (Phi) is 10.2. The summed E-state index contributed by atoms with van der Waals surface area (Å²) in [6.45, 7) is 6.40. The van der Waals surface area contributed by atoms with Crippen LogP contribution in [0.4, 0.5) is 26.3 Å². The lowest BCUT2D eigenvalue weighted by molar-refractivity contribution is -0.0956. The van der Waals surface area contributed by atoms with Crippen LogP contribution >= 0.6 is 11.8 Å². The summed E-state index contributed by atoms with van der Waals surface area (Å²) in [7, 11) is 1.72. The van der Waals surface area contributed by atoms with E-state index < -0.39 is 29.4 Å². The van der Waals surface area contributed by atoms with Gasteiger partial charge in [0.25, 0.3) is 0 Å². The molecule has 2 rings (SSSR count). The quantitative estimate of drug-likeness (QED) is 0.193. The maximum absolute atomic E-state index is 13.3. The first-order valence-electron chi connectivity index (χ1n) is 11.3. The monoisotopic (exact) mass is 509 g/mol. The lowest BCUT2D eigenvalue weighted by atomic mass is 9.92. The van der Waals surface area contributed by atoms with Gasteiger partial charge in [-0.1, -0.05) is 30.7 Å². The Morgan fingerprint density at radius 1 is 1.09 bits per heavy atom. The molecule has 0 aliphatic carbocycles. The van der Waals surface area contributed by atoms with Gasteiger partial charge in [0.05, 0.1) is 11.2 Å². The second-order valence-electron chi connectivity index (χ2n) is 9.04.